The first-order chi connectivity index (χ1) is 16.7. The Bertz CT molecular complexity index is 1080. The number of carbonyl (C=O) groups is 1. The van der Waals surface area contributed by atoms with Crippen LogP contribution in [0.5, 0.6) is 17.2 Å². The Morgan fingerprint density at radius 2 is 1.71 bits per heavy atom. The highest BCUT2D eigenvalue weighted by atomic mass is 16.5. The Hall–Kier alpha value is -3.54. The number of likely N-dealkylation sites (tertiary alicyclic amines) is 1. The molecule has 0 radical (unpaired) electrons. The van der Waals surface area contributed by atoms with Gasteiger partial charge in [-0.15, -0.1) is 0 Å². The summed E-state index contributed by atoms with van der Waals surface area (Å²) in [6.45, 7) is 1.58. The van der Waals surface area contributed by atoms with Gasteiger partial charge in [-0.2, -0.15) is 0 Å². The zero-order chi connectivity index (χ0) is 23.8. The van der Waals surface area contributed by atoms with Gasteiger partial charge in [-0.25, -0.2) is 0 Å². The van der Waals surface area contributed by atoms with Gasteiger partial charge < -0.3 is 19.1 Å². The molecule has 0 atom stereocenters. The second-order valence-electron chi connectivity index (χ2n) is 8.56. The third-order valence-electron chi connectivity index (χ3n) is 6.43. The molecule has 6 nitrogen and oxygen atoms in total. The number of methoxy groups -OCH3 is 2. The van der Waals surface area contributed by atoms with Crippen LogP contribution in [-0.2, 0) is 11.2 Å². The zero-order valence-electron chi connectivity index (χ0n) is 19.9. The molecule has 178 valence electrons. The number of pyridine rings is 1. The molecule has 2 heterocycles. The van der Waals surface area contributed by atoms with Gasteiger partial charge in [0.05, 0.1) is 14.2 Å². The minimum Gasteiger partial charge on any atom is -0.493 e. The van der Waals surface area contributed by atoms with Gasteiger partial charge in [0.2, 0.25) is 0 Å². The lowest BCUT2D eigenvalue weighted by molar-refractivity contribution is -0.134. The molecule has 0 aliphatic carbocycles. The fourth-order valence-electron chi connectivity index (χ4n) is 4.43. The standard InChI is InChI=1S/C28H32N2O4/c1-32-24-13-12-22(19-26(24)33-2)11-10-21-14-17-30(18-15-21)27(31)20-34-25-9-6-16-29-28(25)23-7-4-3-5-8-23/h3-9,12-13,16,19,21H,10-11,14-15,17-18,20H2,1-2H3. The molecule has 0 unspecified atom stereocenters. The zero-order valence-corrected chi connectivity index (χ0v) is 19.9. The van der Waals surface area contributed by atoms with E-state index in [1.807, 2.05) is 53.4 Å². The number of ether oxygens (including phenoxy) is 3. The predicted molar refractivity (Wildman–Crippen MR) is 132 cm³/mol. The van der Waals surface area contributed by atoms with Crippen molar-refractivity contribution >= 4 is 5.91 Å². The molecule has 1 fully saturated rings. The average molecular weight is 461 g/mol. The van der Waals surface area contributed by atoms with Crippen molar-refractivity contribution in [1.82, 2.24) is 9.88 Å². The van der Waals surface area contributed by atoms with Crippen LogP contribution in [-0.4, -0.2) is 49.7 Å². The maximum absolute atomic E-state index is 12.8. The van der Waals surface area contributed by atoms with E-state index in [0.29, 0.717) is 11.7 Å². The first-order valence-corrected chi connectivity index (χ1v) is 11.8. The summed E-state index contributed by atoms with van der Waals surface area (Å²) in [4.78, 5) is 19.2. The maximum Gasteiger partial charge on any atom is 0.260 e. The van der Waals surface area contributed by atoms with E-state index in [0.717, 1.165) is 61.5 Å². The van der Waals surface area contributed by atoms with Crippen molar-refractivity contribution in [3.05, 3.63) is 72.4 Å². The number of carbonyl (C=O) groups excluding carboxylic acids is 1. The molecule has 6 heteroatoms. The van der Waals surface area contributed by atoms with E-state index in [1.165, 1.54) is 5.56 Å². The van der Waals surface area contributed by atoms with E-state index in [2.05, 4.69) is 17.1 Å². The summed E-state index contributed by atoms with van der Waals surface area (Å²) in [6, 6.07) is 19.7. The Morgan fingerprint density at radius 3 is 2.44 bits per heavy atom. The number of hydrogen-bond acceptors (Lipinski definition) is 5. The smallest absolute Gasteiger partial charge is 0.260 e. The lowest BCUT2D eigenvalue weighted by Gasteiger charge is -2.32. The predicted octanol–water partition coefficient (Wildman–Crippen LogP) is 5.02. The van der Waals surface area contributed by atoms with Crippen molar-refractivity contribution in [2.24, 2.45) is 5.92 Å². The first-order valence-electron chi connectivity index (χ1n) is 11.8. The largest absolute Gasteiger partial charge is 0.493 e. The number of amides is 1. The van der Waals surface area contributed by atoms with Crippen molar-refractivity contribution in [3.8, 4) is 28.5 Å². The molecule has 3 aromatic rings. The molecule has 0 saturated carbocycles. The fourth-order valence-corrected chi connectivity index (χ4v) is 4.43. The van der Waals surface area contributed by atoms with E-state index in [-0.39, 0.29) is 12.5 Å². The summed E-state index contributed by atoms with van der Waals surface area (Å²) < 4.78 is 16.6. The van der Waals surface area contributed by atoms with E-state index < -0.39 is 0 Å². The van der Waals surface area contributed by atoms with Gasteiger partial charge in [0, 0.05) is 24.8 Å². The summed E-state index contributed by atoms with van der Waals surface area (Å²) in [7, 11) is 3.31. The van der Waals surface area contributed by atoms with Gasteiger partial charge in [-0.3, -0.25) is 9.78 Å². The second kappa shape index (κ2) is 11.5. The van der Waals surface area contributed by atoms with Crippen molar-refractivity contribution in [1.29, 1.82) is 0 Å². The number of benzene rings is 2. The summed E-state index contributed by atoms with van der Waals surface area (Å²) in [5.41, 5.74) is 2.97. The lowest BCUT2D eigenvalue weighted by atomic mass is 9.90. The number of nitrogens with zero attached hydrogens (tertiary/aromatic N) is 2. The number of hydrogen-bond donors (Lipinski definition) is 0. The highest BCUT2D eigenvalue weighted by Crippen LogP contribution is 2.30. The van der Waals surface area contributed by atoms with Gasteiger partial charge in [-0.1, -0.05) is 36.4 Å². The van der Waals surface area contributed by atoms with Gasteiger partial charge in [0.25, 0.3) is 5.91 Å². The highest BCUT2D eigenvalue weighted by molar-refractivity contribution is 5.78. The molecular formula is C28H32N2O4. The van der Waals surface area contributed by atoms with Crippen molar-refractivity contribution in [2.45, 2.75) is 25.7 Å². The molecule has 1 aliphatic rings. The SMILES string of the molecule is COc1ccc(CCC2CCN(C(=O)COc3cccnc3-c3ccccc3)CC2)cc1OC. The molecule has 1 aromatic heterocycles. The topological polar surface area (TPSA) is 60.9 Å². The normalized spacial score (nSPS) is 14.0. The first kappa shape index (κ1) is 23.6. The third-order valence-corrected chi connectivity index (χ3v) is 6.43. The molecule has 1 saturated heterocycles. The van der Waals surface area contributed by atoms with Crippen molar-refractivity contribution in [3.63, 3.8) is 0 Å². The summed E-state index contributed by atoms with van der Waals surface area (Å²) in [6.07, 6.45) is 5.86. The molecule has 4 rings (SSSR count). The highest BCUT2D eigenvalue weighted by Gasteiger charge is 2.23. The van der Waals surface area contributed by atoms with Crippen LogP contribution < -0.4 is 14.2 Å². The van der Waals surface area contributed by atoms with Gasteiger partial charge in [0.15, 0.2) is 18.1 Å². The van der Waals surface area contributed by atoms with Gasteiger partial charge in [-0.05, 0) is 61.4 Å². The Morgan fingerprint density at radius 1 is 0.941 bits per heavy atom. The average Bonchev–Trinajstić information content (AvgIpc) is 2.91. The number of aryl methyl sites for hydroxylation is 1. The van der Waals surface area contributed by atoms with E-state index >= 15 is 0 Å². The van der Waals surface area contributed by atoms with Crippen LogP contribution in [0.2, 0.25) is 0 Å². The molecular weight excluding hydrogens is 428 g/mol. The number of rotatable bonds is 9. The summed E-state index contributed by atoms with van der Waals surface area (Å²) in [5, 5.41) is 0. The van der Waals surface area contributed by atoms with Crippen LogP contribution in [0, 0.1) is 5.92 Å². The van der Waals surface area contributed by atoms with Crippen LogP contribution in [0.25, 0.3) is 11.3 Å². The number of aromatic nitrogens is 1. The minimum atomic E-state index is 0.0289. The van der Waals surface area contributed by atoms with Crippen LogP contribution in [0.4, 0.5) is 0 Å². The van der Waals surface area contributed by atoms with E-state index in [9.17, 15) is 4.79 Å². The molecule has 1 aliphatic heterocycles. The van der Waals surface area contributed by atoms with Gasteiger partial charge >= 0.3 is 0 Å². The minimum absolute atomic E-state index is 0.0289. The van der Waals surface area contributed by atoms with Crippen LogP contribution >= 0.6 is 0 Å². The third kappa shape index (κ3) is 5.87. The Balaban J connectivity index is 1.25. The van der Waals surface area contributed by atoms with Crippen LogP contribution in [0.1, 0.15) is 24.8 Å². The van der Waals surface area contributed by atoms with Crippen molar-refractivity contribution < 1.29 is 19.0 Å². The van der Waals surface area contributed by atoms with Crippen LogP contribution in [0.15, 0.2) is 66.9 Å². The Kier molecular flexibility index (Phi) is 8.02. The van der Waals surface area contributed by atoms with Crippen LogP contribution in [0.3, 0.4) is 0 Å². The Labute approximate surface area is 201 Å². The molecule has 0 bridgehead atoms. The molecule has 0 N–H and O–H groups in total. The summed E-state index contributed by atoms with van der Waals surface area (Å²) >= 11 is 0. The summed E-state index contributed by atoms with van der Waals surface area (Å²) in [5.74, 6) is 2.79. The second-order valence-corrected chi connectivity index (χ2v) is 8.56. The molecule has 34 heavy (non-hydrogen) atoms. The van der Waals surface area contributed by atoms with E-state index in [4.69, 9.17) is 14.2 Å². The fraction of sp³-hybridized carbons (Fsp3) is 0.357. The molecule has 0 spiro atoms. The molecule has 1 amide bonds. The maximum atomic E-state index is 12.8. The van der Waals surface area contributed by atoms with Gasteiger partial charge in [0.1, 0.15) is 11.4 Å². The molecule has 2 aromatic carbocycles. The van der Waals surface area contributed by atoms with Crippen molar-refractivity contribution in [2.75, 3.05) is 33.9 Å². The monoisotopic (exact) mass is 460 g/mol. The quantitative estimate of drug-likeness (QED) is 0.449. The lowest BCUT2D eigenvalue weighted by Crippen LogP contribution is -2.41. The number of piperidine rings is 1. The van der Waals surface area contributed by atoms with E-state index in [1.54, 1.807) is 20.4 Å².